The molecule has 1 aromatic rings. The zero-order chi connectivity index (χ0) is 9.84. The molecule has 0 amide bonds. The quantitative estimate of drug-likeness (QED) is 0.589. The number of aryl methyl sites for hydroxylation is 1. The zero-order valence-corrected chi connectivity index (χ0v) is 9.09. The molecule has 0 atom stereocenters. The first-order chi connectivity index (χ1) is 6.25. The molecule has 0 saturated carbocycles. The van der Waals surface area contributed by atoms with Crippen LogP contribution in [-0.4, -0.2) is 11.9 Å². The van der Waals surface area contributed by atoms with Gasteiger partial charge in [0.25, 0.3) is 0 Å². The minimum absolute atomic E-state index is 1.12. The fourth-order valence-corrected chi connectivity index (χ4v) is 1.69. The van der Waals surface area contributed by atoms with Crippen molar-refractivity contribution in [2.45, 2.75) is 33.9 Å². The highest BCUT2D eigenvalue weighted by atomic mass is 15.1. The van der Waals surface area contributed by atoms with Crippen molar-refractivity contribution in [3.8, 4) is 0 Å². The van der Waals surface area contributed by atoms with Crippen LogP contribution in [0.25, 0.3) is 0 Å². The topological polar surface area (TPSA) is 3.24 Å². The van der Waals surface area contributed by atoms with Crippen molar-refractivity contribution < 1.29 is 0 Å². The van der Waals surface area contributed by atoms with Gasteiger partial charge >= 0.3 is 0 Å². The fraction of sp³-hybridized carbons (Fsp3) is 0.500. The van der Waals surface area contributed by atoms with Gasteiger partial charge in [0.2, 0.25) is 0 Å². The normalized spacial score (nSPS) is 14.8. The van der Waals surface area contributed by atoms with Gasteiger partial charge in [-0.25, -0.2) is 0 Å². The van der Waals surface area contributed by atoms with Gasteiger partial charge in [0.1, 0.15) is 0 Å². The molecular formula is C12H19N. The molecule has 1 heterocycles. The molecule has 0 N–H and O–H groups in total. The van der Waals surface area contributed by atoms with E-state index in [2.05, 4.69) is 37.1 Å². The smallest absolute Gasteiger partial charge is 0.0237 e. The first kappa shape index (κ1) is 10.3. The number of nitrogens with zero attached hydrogens (tertiary/aromatic N) is 1. The fourth-order valence-electron chi connectivity index (χ4n) is 1.69. The molecule has 0 fully saturated rings. The van der Waals surface area contributed by atoms with E-state index in [4.69, 9.17) is 0 Å². The van der Waals surface area contributed by atoms with Crippen LogP contribution in [0.1, 0.15) is 30.5 Å². The largest absolute Gasteiger partial charge is 0.298 e. The number of benzene rings is 1. The molecule has 1 heteroatoms. The highest BCUT2D eigenvalue weighted by Crippen LogP contribution is 2.21. The lowest BCUT2D eigenvalue weighted by Crippen LogP contribution is -2.07. The van der Waals surface area contributed by atoms with Gasteiger partial charge in [-0.1, -0.05) is 37.6 Å². The molecular weight excluding hydrogens is 158 g/mol. The van der Waals surface area contributed by atoms with E-state index in [9.17, 15) is 0 Å². The monoisotopic (exact) mass is 177 g/mol. The van der Waals surface area contributed by atoms with Gasteiger partial charge in [-0.2, -0.15) is 0 Å². The number of fused-ring (bicyclic) bond motifs is 1. The predicted molar refractivity (Wildman–Crippen MR) is 57.7 cm³/mol. The maximum Gasteiger partial charge on any atom is 0.0237 e. The SMILES string of the molecule is CC.Cc1ccc2c(c1)CN(C)C2. The lowest BCUT2D eigenvalue weighted by Gasteiger charge is -2.02. The summed E-state index contributed by atoms with van der Waals surface area (Å²) in [7, 11) is 2.16. The summed E-state index contributed by atoms with van der Waals surface area (Å²) in [5.74, 6) is 0. The molecule has 1 nitrogen and oxygen atoms in total. The minimum Gasteiger partial charge on any atom is -0.298 e. The molecule has 0 saturated heterocycles. The van der Waals surface area contributed by atoms with Gasteiger partial charge < -0.3 is 0 Å². The Morgan fingerprint density at radius 3 is 2.38 bits per heavy atom. The number of hydrogen-bond acceptors (Lipinski definition) is 1. The third-order valence-electron chi connectivity index (χ3n) is 2.24. The van der Waals surface area contributed by atoms with Crippen LogP contribution in [0.4, 0.5) is 0 Å². The summed E-state index contributed by atoms with van der Waals surface area (Å²) in [5, 5.41) is 0. The third kappa shape index (κ3) is 2.31. The average molecular weight is 177 g/mol. The summed E-state index contributed by atoms with van der Waals surface area (Å²) < 4.78 is 0. The maximum atomic E-state index is 2.34. The van der Waals surface area contributed by atoms with Crippen LogP contribution in [0.5, 0.6) is 0 Å². The number of hydrogen-bond donors (Lipinski definition) is 0. The second-order valence-corrected chi connectivity index (χ2v) is 3.44. The molecule has 0 aliphatic carbocycles. The van der Waals surface area contributed by atoms with Crippen LogP contribution in [-0.2, 0) is 13.1 Å². The van der Waals surface area contributed by atoms with Gasteiger partial charge in [0.05, 0.1) is 0 Å². The van der Waals surface area contributed by atoms with Crippen molar-refractivity contribution in [1.82, 2.24) is 4.90 Å². The molecule has 0 unspecified atom stereocenters. The lowest BCUT2D eigenvalue weighted by molar-refractivity contribution is 0.353. The zero-order valence-electron chi connectivity index (χ0n) is 9.09. The van der Waals surface area contributed by atoms with Crippen molar-refractivity contribution in [1.29, 1.82) is 0 Å². The van der Waals surface area contributed by atoms with E-state index in [0.29, 0.717) is 0 Å². The summed E-state index contributed by atoms with van der Waals surface area (Å²) in [6, 6.07) is 6.73. The van der Waals surface area contributed by atoms with Gasteiger partial charge in [-0.05, 0) is 25.1 Å². The molecule has 0 spiro atoms. The molecule has 1 aromatic carbocycles. The van der Waals surface area contributed by atoms with Crippen LogP contribution in [0.15, 0.2) is 18.2 Å². The van der Waals surface area contributed by atoms with Crippen molar-refractivity contribution in [2.75, 3.05) is 7.05 Å². The first-order valence-electron chi connectivity index (χ1n) is 5.02. The Bertz CT molecular complexity index is 278. The Morgan fingerprint density at radius 2 is 1.69 bits per heavy atom. The van der Waals surface area contributed by atoms with Crippen LogP contribution in [0.2, 0.25) is 0 Å². The Balaban J connectivity index is 0.000000396. The minimum atomic E-state index is 1.12. The second-order valence-electron chi connectivity index (χ2n) is 3.44. The second kappa shape index (κ2) is 4.43. The van der Waals surface area contributed by atoms with E-state index < -0.39 is 0 Å². The summed E-state index contributed by atoms with van der Waals surface area (Å²) in [5.41, 5.74) is 4.38. The predicted octanol–water partition coefficient (Wildman–Crippen LogP) is 2.97. The average Bonchev–Trinajstić information content (AvgIpc) is 2.48. The van der Waals surface area contributed by atoms with E-state index in [0.717, 1.165) is 13.1 Å². The Kier molecular flexibility index (Phi) is 3.49. The number of rotatable bonds is 0. The van der Waals surface area contributed by atoms with E-state index in [1.807, 2.05) is 13.8 Å². The molecule has 72 valence electrons. The summed E-state index contributed by atoms with van der Waals surface area (Å²) >= 11 is 0. The highest BCUT2D eigenvalue weighted by Gasteiger charge is 2.13. The Labute approximate surface area is 81.4 Å². The first-order valence-corrected chi connectivity index (χ1v) is 5.02. The van der Waals surface area contributed by atoms with Gasteiger partial charge in [-0.3, -0.25) is 4.90 Å². The van der Waals surface area contributed by atoms with Crippen LogP contribution in [0, 0.1) is 6.92 Å². The molecule has 2 rings (SSSR count). The summed E-state index contributed by atoms with van der Waals surface area (Å²) in [4.78, 5) is 2.34. The van der Waals surface area contributed by atoms with Crippen LogP contribution >= 0.6 is 0 Å². The summed E-state index contributed by atoms with van der Waals surface area (Å²) in [6.07, 6.45) is 0. The molecule has 0 aromatic heterocycles. The van der Waals surface area contributed by atoms with Crippen LogP contribution in [0.3, 0.4) is 0 Å². The molecule has 1 aliphatic rings. The standard InChI is InChI=1S/C10H13N.C2H6/c1-8-3-4-9-6-11(2)7-10(9)5-8;1-2/h3-5H,6-7H2,1-2H3;1-2H3. The van der Waals surface area contributed by atoms with Gasteiger partial charge in [0.15, 0.2) is 0 Å². The highest BCUT2D eigenvalue weighted by molar-refractivity contribution is 5.33. The molecule has 1 aliphatic heterocycles. The maximum absolute atomic E-state index is 2.34. The molecule has 0 radical (unpaired) electrons. The van der Waals surface area contributed by atoms with Crippen molar-refractivity contribution in [3.63, 3.8) is 0 Å². The molecule has 13 heavy (non-hydrogen) atoms. The van der Waals surface area contributed by atoms with Crippen LogP contribution < -0.4 is 0 Å². The van der Waals surface area contributed by atoms with E-state index in [-0.39, 0.29) is 0 Å². The van der Waals surface area contributed by atoms with Gasteiger partial charge in [-0.15, -0.1) is 0 Å². The van der Waals surface area contributed by atoms with Crippen molar-refractivity contribution in [2.24, 2.45) is 0 Å². The third-order valence-corrected chi connectivity index (χ3v) is 2.24. The van der Waals surface area contributed by atoms with Crippen molar-refractivity contribution in [3.05, 3.63) is 34.9 Å². The Morgan fingerprint density at radius 1 is 1.08 bits per heavy atom. The van der Waals surface area contributed by atoms with Crippen molar-refractivity contribution >= 4 is 0 Å². The van der Waals surface area contributed by atoms with E-state index >= 15 is 0 Å². The Hall–Kier alpha value is -0.820. The molecule has 0 bridgehead atoms. The van der Waals surface area contributed by atoms with Gasteiger partial charge in [0, 0.05) is 13.1 Å². The van der Waals surface area contributed by atoms with E-state index in [1.54, 1.807) is 0 Å². The summed E-state index contributed by atoms with van der Waals surface area (Å²) in [6.45, 7) is 8.39. The van der Waals surface area contributed by atoms with E-state index in [1.165, 1.54) is 16.7 Å². The lowest BCUT2D eigenvalue weighted by atomic mass is 10.1.